The van der Waals surface area contributed by atoms with Crippen LogP contribution >= 0.6 is 11.6 Å². The predicted octanol–water partition coefficient (Wildman–Crippen LogP) is 3.04. The van der Waals surface area contributed by atoms with Crippen LogP contribution in [0.3, 0.4) is 0 Å². The van der Waals surface area contributed by atoms with Crippen molar-refractivity contribution in [2.24, 2.45) is 0 Å². The highest BCUT2D eigenvalue weighted by molar-refractivity contribution is 7.89. The quantitative estimate of drug-likeness (QED) is 0.770. The van der Waals surface area contributed by atoms with Gasteiger partial charge in [-0.2, -0.15) is 4.72 Å². The summed E-state index contributed by atoms with van der Waals surface area (Å²) in [5, 5.41) is 2.90. The number of hydrogen-bond donors (Lipinski definition) is 2. The topological polar surface area (TPSA) is 84.5 Å². The summed E-state index contributed by atoms with van der Waals surface area (Å²) in [6, 6.07) is 12.1. The van der Waals surface area contributed by atoms with Gasteiger partial charge in [0.15, 0.2) is 0 Å². The second-order valence-corrected chi connectivity index (χ2v) is 7.34. The molecule has 0 aliphatic rings. The number of nitrogens with one attached hydrogen (secondary N) is 2. The fourth-order valence-corrected chi connectivity index (χ4v) is 3.70. The first kappa shape index (κ1) is 19.2. The van der Waals surface area contributed by atoms with Crippen molar-refractivity contribution in [1.29, 1.82) is 0 Å². The number of halogens is 1. The Morgan fingerprint density at radius 3 is 2.52 bits per heavy atom. The number of anilines is 1. The first-order chi connectivity index (χ1) is 11.8. The second kappa shape index (κ2) is 8.33. The molecule has 2 N–H and O–H groups in total. The van der Waals surface area contributed by atoms with Gasteiger partial charge in [0, 0.05) is 10.7 Å². The van der Waals surface area contributed by atoms with Crippen LogP contribution in [0.25, 0.3) is 0 Å². The highest BCUT2D eigenvalue weighted by Gasteiger charge is 2.25. The van der Waals surface area contributed by atoms with Crippen molar-refractivity contribution in [2.75, 3.05) is 11.9 Å². The third kappa shape index (κ3) is 5.19. The molecule has 0 aliphatic carbocycles. The molecule has 25 heavy (non-hydrogen) atoms. The van der Waals surface area contributed by atoms with E-state index in [1.54, 1.807) is 31.2 Å². The number of benzene rings is 2. The fourth-order valence-electron chi connectivity index (χ4n) is 2.09. The van der Waals surface area contributed by atoms with E-state index in [-0.39, 0.29) is 15.7 Å². The van der Waals surface area contributed by atoms with E-state index in [0.29, 0.717) is 12.3 Å². The molecule has 2 aromatic carbocycles. The molecule has 0 saturated heterocycles. The van der Waals surface area contributed by atoms with Crippen LogP contribution in [0.4, 0.5) is 5.69 Å². The van der Waals surface area contributed by atoms with Gasteiger partial charge < -0.3 is 10.1 Å². The molecule has 0 aliphatic heterocycles. The average molecular weight is 383 g/mol. The van der Waals surface area contributed by atoms with Crippen molar-refractivity contribution < 1.29 is 17.9 Å². The van der Waals surface area contributed by atoms with Gasteiger partial charge in [-0.05, 0) is 44.2 Å². The number of ether oxygens (including phenoxy) is 1. The monoisotopic (exact) mass is 382 g/mol. The van der Waals surface area contributed by atoms with E-state index < -0.39 is 22.0 Å². The number of para-hydroxylation sites is 1. The zero-order chi connectivity index (χ0) is 18.4. The Bertz CT molecular complexity index is 841. The molecule has 0 fully saturated rings. The minimum absolute atomic E-state index is 0.110. The number of carbonyl (C=O) groups excluding carboxylic acids is 1. The highest BCUT2D eigenvalue weighted by Crippen LogP contribution is 2.27. The van der Waals surface area contributed by atoms with Crippen molar-refractivity contribution in [2.45, 2.75) is 24.8 Å². The Kier molecular flexibility index (Phi) is 6.41. The molecular formula is C17H19ClN2O4S. The van der Waals surface area contributed by atoms with Crippen LogP contribution in [-0.4, -0.2) is 27.0 Å². The molecule has 2 rings (SSSR count). The maximum absolute atomic E-state index is 12.6. The molecule has 0 heterocycles. The molecule has 0 radical (unpaired) electrons. The third-order valence-corrected chi connectivity index (χ3v) is 5.06. The number of hydrogen-bond acceptors (Lipinski definition) is 4. The van der Waals surface area contributed by atoms with Crippen LogP contribution in [0.15, 0.2) is 53.4 Å². The Labute approximate surface area is 152 Å². The summed E-state index contributed by atoms with van der Waals surface area (Å²) in [5.41, 5.74) is 0.580. The molecule has 0 aromatic heterocycles. The van der Waals surface area contributed by atoms with E-state index >= 15 is 0 Å². The Balaban J connectivity index is 2.17. The van der Waals surface area contributed by atoms with Gasteiger partial charge in [0.2, 0.25) is 15.9 Å². The minimum atomic E-state index is -3.99. The molecule has 6 nitrogen and oxygen atoms in total. The van der Waals surface area contributed by atoms with E-state index in [1.807, 2.05) is 6.07 Å². The largest absolute Gasteiger partial charge is 0.492 e. The van der Waals surface area contributed by atoms with Crippen LogP contribution in [0.1, 0.15) is 13.8 Å². The molecule has 0 spiro atoms. The highest BCUT2D eigenvalue weighted by atomic mass is 35.5. The number of carbonyl (C=O) groups is 1. The lowest BCUT2D eigenvalue weighted by atomic mass is 10.3. The summed E-state index contributed by atoms with van der Waals surface area (Å²) in [6.07, 6.45) is 0. The SMILES string of the molecule is CCOc1ccc(Cl)cc1S(=O)(=O)NC(C)C(=O)Nc1ccccc1. The molecule has 1 unspecified atom stereocenters. The van der Waals surface area contributed by atoms with Gasteiger partial charge in [0.05, 0.1) is 12.6 Å². The molecule has 8 heteroatoms. The van der Waals surface area contributed by atoms with E-state index in [0.717, 1.165) is 0 Å². The molecule has 0 bridgehead atoms. The Morgan fingerprint density at radius 1 is 1.20 bits per heavy atom. The van der Waals surface area contributed by atoms with Gasteiger partial charge in [-0.15, -0.1) is 0 Å². The van der Waals surface area contributed by atoms with Crippen LogP contribution in [0, 0.1) is 0 Å². The van der Waals surface area contributed by atoms with Gasteiger partial charge in [0.1, 0.15) is 10.6 Å². The molecule has 1 amide bonds. The lowest BCUT2D eigenvalue weighted by molar-refractivity contribution is -0.117. The maximum Gasteiger partial charge on any atom is 0.245 e. The average Bonchev–Trinajstić information content (AvgIpc) is 2.57. The van der Waals surface area contributed by atoms with Gasteiger partial charge in [-0.1, -0.05) is 29.8 Å². The normalized spacial score (nSPS) is 12.4. The van der Waals surface area contributed by atoms with E-state index in [9.17, 15) is 13.2 Å². The zero-order valence-electron chi connectivity index (χ0n) is 13.8. The molecular weight excluding hydrogens is 364 g/mol. The molecule has 2 aromatic rings. The van der Waals surface area contributed by atoms with Crippen LogP contribution in [-0.2, 0) is 14.8 Å². The van der Waals surface area contributed by atoms with Gasteiger partial charge in [-0.25, -0.2) is 8.42 Å². The lowest BCUT2D eigenvalue weighted by Gasteiger charge is -2.16. The van der Waals surface area contributed by atoms with Crippen molar-refractivity contribution in [1.82, 2.24) is 4.72 Å². The number of sulfonamides is 1. The summed E-state index contributed by atoms with van der Waals surface area (Å²) >= 11 is 5.90. The van der Waals surface area contributed by atoms with Gasteiger partial charge in [0.25, 0.3) is 0 Å². The van der Waals surface area contributed by atoms with Crippen LogP contribution in [0.2, 0.25) is 5.02 Å². The van der Waals surface area contributed by atoms with E-state index in [1.165, 1.54) is 25.1 Å². The van der Waals surface area contributed by atoms with Crippen molar-refractivity contribution in [3.8, 4) is 5.75 Å². The summed E-state index contributed by atoms with van der Waals surface area (Å²) in [6.45, 7) is 3.50. The number of rotatable bonds is 7. The minimum Gasteiger partial charge on any atom is -0.492 e. The second-order valence-electron chi connectivity index (χ2n) is 5.22. The first-order valence-electron chi connectivity index (χ1n) is 7.64. The van der Waals surface area contributed by atoms with Crippen molar-refractivity contribution in [3.63, 3.8) is 0 Å². The van der Waals surface area contributed by atoms with Gasteiger partial charge >= 0.3 is 0 Å². The molecule has 0 saturated carbocycles. The molecule has 134 valence electrons. The van der Waals surface area contributed by atoms with E-state index in [4.69, 9.17) is 16.3 Å². The Morgan fingerprint density at radius 2 is 1.88 bits per heavy atom. The smallest absolute Gasteiger partial charge is 0.245 e. The van der Waals surface area contributed by atoms with Crippen molar-refractivity contribution >= 4 is 33.2 Å². The van der Waals surface area contributed by atoms with Crippen LogP contribution in [0.5, 0.6) is 5.75 Å². The first-order valence-corrected chi connectivity index (χ1v) is 9.50. The number of amides is 1. The standard InChI is InChI=1S/C17H19ClN2O4S/c1-3-24-15-10-9-13(18)11-16(15)25(22,23)20-12(2)17(21)19-14-7-5-4-6-8-14/h4-12,20H,3H2,1-2H3,(H,19,21). The lowest BCUT2D eigenvalue weighted by Crippen LogP contribution is -2.41. The third-order valence-electron chi connectivity index (χ3n) is 3.26. The van der Waals surface area contributed by atoms with Gasteiger partial charge in [-0.3, -0.25) is 4.79 Å². The Hall–Kier alpha value is -2.09. The van der Waals surface area contributed by atoms with Crippen molar-refractivity contribution in [3.05, 3.63) is 53.6 Å². The molecule has 1 atom stereocenters. The zero-order valence-corrected chi connectivity index (χ0v) is 15.4. The summed E-state index contributed by atoms with van der Waals surface area (Å²) < 4.78 is 32.9. The maximum atomic E-state index is 12.6. The van der Waals surface area contributed by atoms with E-state index in [2.05, 4.69) is 10.0 Å². The fraction of sp³-hybridized carbons (Fsp3) is 0.235. The summed E-state index contributed by atoms with van der Waals surface area (Å²) in [7, 11) is -3.99. The summed E-state index contributed by atoms with van der Waals surface area (Å²) in [4.78, 5) is 12.1. The predicted molar refractivity (Wildman–Crippen MR) is 97.5 cm³/mol. The summed E-state index contributed by atoms with van der Waals surface area (Å²) in [5.74, 6) is -0.301. The van der Waals surface area contributed by atoms with Crippen LogP contribution < -0.4 is 14.8 Å².